The van der Waals surface area contributed by atoms with E-state index >= 15 is 0 Å². The minimum atomic E-state index is -1.75. The van der Waals surface area contributed by atoms with Crippen molar-refractivity contribution in [3.63, 3.8) is 0 Å². The van der Waals surface area contributed by atoms with Gasteiger partial charge in [-0.15, -0.1) is 0 Å². The molecular weight excluding hydrogens is 957 g/mol. The summed E-state index contributed by atoms with van der Waals surface area (Å²) < 4.78 is 0. The van der Waals surface area contributed by atoms with Crippen molar-refractivity contribution in [1.82, 2.24) is 0 Å². The van der Waals surface area contributed by atoms with Crippen LogP contribution in [0.1, 0.15) is 0 Å². The second-order valence-corrected chi connectivity index (χ2v) is 1.34. The largest absolute Gasteiger partial charge is 2.00 e. The smallest absolute Gasteiger partial charge is 0.356 e. The first-order chi connectivity index (χ1) is 10.4. The molecule has 0 amide bonds. The van der Waals surface area contributed by atoms with Gasteiger partial charge in [0.15, 0.2) is 0 Å². The molecule has 0 radical (unpaired) electrons. The summed E-state index contributed by atoms with van der Waals surface area (Å²) in [6.45, 7) is 0. The normalized spacial score (nSPS) is 5.33. The number of hydrogen-bond donors (Lipinski definition) is 0. The zero-order valence-electron chi connectivity index (χ0n) is 11.0. The molecule has 0 saturated carbocycles. The Bertz CT molecular complexity index is 264. The van der Waals surface area contributed by atoms with Crippen LogP contribution in [0.3, 0.4) is 0 Å². The maximum atomic E-state index is 8.25. The molecule has 24 nitrogen and oxygen atoms in total. The van der Waals surface area contributed by atoms with Crippen molar-refractivity contribution in [2.75, 3.05) is 0 Å². The molecule has 0 aliphatic carbocycles. The molecule has 27 heteroatoms. The molecular formula is N6O18Pt3. The Morgan fingerprint density at radius 2 is 0.259 bits per heavy atom. The number of rotatable bonds is 0. The third-order valence-corrected chi connectivity index (χ3v) is 0. The minimum Gasteiger partial charge on any atom is -0.356 e. The monoisotopic (exact) mass is 957 g/mol. The molecule has 0 aromatic heterocycles. The second kappa shape index (κ2) is 49.5. The summed E-state index contributed by atoms with van der Waals surface area (Å²) in [6.07, 6.45) is 0. The van der Waals surface area contributed by atoms with Crippen LogP contribution in [0.5, 0.6) is 0 Å². The van der Waals surface area contributed by atoms with E-state index in [0.29, 0.717) is 0 Å². The van der Waals surface area contributed by atoms with Gasteiger partial charge in [0.2, 0.25) is 0 Å². The van der Waals surface area contributed by atoms with Gasteiger partial charge in [-0.3, -0.25) is 0 Å². The maximum absolute atomic E-state index is 8.25. The topological polar surface area (TPSA) is 397 Å². The summed E-state index contributed by atoms with van der Waals surface area (Å²) in [5.41, 5.74) is 0. The van der Waals surface area contributed by atoms with E-state index in [1.807, 2.05) is 0 Å². The Balaban J connectivity index is -0.0000000201. The molecule has 168 valence electrons. The van der Waals surface area contributed by atoms with E-state index in [1.165, 1.54) is 0 Å². The van der Waals surface area contributed by atoms with Crippen LogP contribution in [0.4, 0.5) is 0 Å². The third kappa shape index (κ3) is 1410. The first kappa shape index (κ1) is 56.4. The van der Waals surface area contributed by atoms with Crippen molar-refractivity contribution < 1.29 is 93.7 Å². The summed E-state index contributed by atoms with van der Waals surface area (Å²) in [6, 6.07) is 0. The maximum Gasteiger partial charge on any atom is 2.00 e. The summed E-state index contributed by atoms with van der Waals surface area (Å²) in [5, 5.41) is 88.5. The molecule has 0 spiro atoms. The fourth-order valence-electron chi connectivity index (χ4n) is 0. The molecule has 0 unspecified atom stereocenters. The van der Waals surface area contributed by atoms with Crippen LogP contribution in [0.15, 0.2) is 0 Å². The van der Waals surface area contributed by atoms with Crippen molar-refractivity contribution in [3.05, 3.63) is 91.9 Å². The molecule has 0 rings (SSSR count). The fraction of sp³-hybridized carbons (Fsp3) is 0. The Kier molecular flexibility index (Phi) is 103. The predicted molar refractivity (Wildman–Crippen MR) is 62.2 cm³/mol. The first-order valence-electron chi connectivity index (χ1n) is 3.29. The molecule has 0 saturated heterocycles. The number of hydrogen-bond acceptors (Lipinski definition) is 18. The molecule has 0 aliphatic heterocycles. The van der Waals surface area contributed by atoms with Crippen LogP contribution in [-0.2, 0) is 63.2 Å². The average molecular weight is 957 g/mol. The molecule has 0 bridgehead atoms. The average Bonchev–Trinajstić information content (AvgIpc) is 2.08. The van der Waals surface area contributed by atoms with Crippen molar-refractivity contribution in [2.24, 2.45) is 0 Å². The Labute approximate surface area is 185 Å². The summed E-state index contributed by atoms with van der Waals surface area (Å²) in [5.74, 6) is 0. The van der Waals surface area contributed by atoms with E-state index in [2.05, 4.69) is 0 Å². The minimum absolute atomic E-state index is 0. The van der Waals surface area contributed by atoms with E-state index in [9.17, 15) is 0 Å². The van der Waals surface area contributed by atoms with Gasteiger partial charge in [-0.2, -0.15) is 0 Å². The van der Waals surface area contributed by atoms with Gasteiger partial charge in [-0.1, -0.05) is 0 Å². The Morgan fingerprint density at radius 1 is 0.259 bits per heavy atom. The van der Waals surface area contributed by atoms with Gasteiger partial charge < -0.3 is 91.9 Å². The third-order valence-electron chi connectivity index (χ3n) is 0. The first-order valence-corrected chi connectivity index (χ1v) is 3.29. The Morgan fingerprint density at radius 3 is 0.259 bits per heavy atom. The van der Waals surface area contributed by atoms with Gasteiger partial charge in [0.1, 0.15) is 0 Å². The molecule has 0 aromatic rings. The van der Waals surface area contributed by atoms with Crippen molar-refractivity contribution in [3.8, 4) is 0 Å². The van der Waals surface area contributed by atoms with Gasteiger partial charge in [-0.25, -0.2) is 0 Å². The van der Waals surface area contributed by atoms with Crippen LogP contribution in [0.2, 0.25) is 0 Å². The van der Waals surface area contributed by atoms with Crippen molar-refractivity contribution in [2.45, 2.75) is 0 Å². The quantitative estimate of drug-likeness (QED) is 0.198. The van der Waals surface area contributed by atoms with E-state index in [0.717, 1.165) is 0 Å². The molecule has 0 heterocycles. The van der Waals surface area contributed by atoms with E-state index in [4.69, 9.17) is 91.9 Å². The summed E-state index contributed by atoms with van der Waals surface area (Å²) >= 11 is 0. The standard InChI is InChI=1S/6NO3.3Pt/c6*2-1(3)4;;;/q6*-1;3*+2. The zero-order valence-corrected chi connectivity index (χ0v) is 17.8. The van der Waals surface area contributed by atoms with E-state index in [-0.39, 0.29) is 63.2 Å². The fourth-order valence-corrected chi connectivity index (χ4v) is 0. The Hall–Kier alpha value is -2.74. The van der Waals surface area contributed by atoms with Gasteiger partial charge in [0, 0.05) is 0 Å². The van der Waals surface area contributed by atoms with Gasteiger partial charge in [-0.05, 0) is 0 Å². The van der Waals surface area contributed by atoms with Crippen molar-refractivity contribution >= 4 is 0 Å². The van der Waals surface area contributed by atoms with Crippen LogP contribution >= 0.6 is 0 Å². The summed E-state index contributed by atoms with van der Waals surface area (Å²) in [7, 11) is 0. The predicted octanol–water partition coefficient (Wildman–Crippen LogP) is -1.44. The molecule has 0 aromatic carbocycles. The molecule has 0 fully saturated rings. The number of nitrogens with zero attached hydrogens (tertiary/aromatic N) is 6. The van der Waals surface area contributed by atoms with Crippen molar-refractivity contribution in [1.29, 1.82) is 0 Å². The van der Waals surface area contributed by atoms with Crippen LogP contribution < -0.4 is 0 Å². The van der Waals surface area contributed by atoms with Gasteiger partial charge in [0.25, 0.3) is 0 Å². The van der Waals surface area contributed by atoms with Crippen LogP contribution in [0, 0.1) is 91.9 Å². The van der Waals surface area contributed by atoms with Gasteiger partial charge in [0.05, 0.1) is 30.5 Å². The molecule has 0 atom stereocenters. The zero-order chi connectivity index (χ0) is 21.5. The SMILES string of the molecule is O=[N+]([O-])[O-].O=[N+]([O-])[O-].O=[N+]([O-])[O-].O=[N+]([O-])[O-].O=[N+]([O-])[O-].O=[N+]([O-])[O-].[Pt+2].[Pt+2].[Pt+2]. The van der Waals surface area contributed by atoms with Crippen LogP contribution in [0.25, 0.3) is 0 Å². The molecule has 27 heavy (non-hydrogen) atoms. The van der Waals surface area contributed by atoms with Crippen LogP contribution in [-0.4, -0.2) is 30.5 Å². The van der Waals surface area contributed by atoms with E-state index in [1.54, 1.807) is 0 Å². The van der Waals surface area contributed by atoms with E-state index < -0.39 is 30.5 Å². The molecule has 0 aliphatic rings. The summed E-state index contributed by atoms with van der Waals surface area (Å²) in [4.78, 5) is 49.5. The molecule has 0 N–H and O–H groups in total. The van der Waals surface area contributed by atoms with Gasteiger partial charge >= 0.3 is 63.2 Å². The second-order valence-electron chi connectivity index (χ2n) is 1.34.